The largest absolute Gasteiger partial charge is 0.481 e. The lowest BCUT2D eigenvalue weighted by atomic mass is 9.82. The number of aliphatic hydroxyl groups is 1. The van der Waals surface area contributed by atoms with Crippen molar-refractivity contribution in [3.8, 4) is 0 Å². The summed E-state index contributed by atoms with van der Waals surface area (Å²) in [4.78, 5) is 64.5. The van der Waals surface area contributed by atoms with Gasteiger partial charge in [-0.3, -0.25) is 14.4 Å². The Hall–Kier alpha value is -4.26. The quantitative estimate of drug-likeness (QED) is 0.0377. The number of carboxylic acid groups (broad SMARTS) is 3. The Labute approximate surface area is 263 Å². The van der Waals surface area contributed by atoms with Crippen LogP contribution in [0.15, 0.2) is 41.4 Å². The van der Waals surface area contributed by atoms with E-state index in [2.05, 4.69) is 17.2 Å². The summed E-state index contributed by atoms with van der Waals surface area (Å²) in [7, 11) is 0. The number of hydrogen-bond donors (Lipinski definition) is 7. The van der Waals surface area contributed by atoms with Crippen molar-refractivity contribution in [3.63, 3.8) is 0 Å². The molecule has 0 aliphatic carbocycles. The van der Waals surface area contributed by atoms with Gasteiger partial charge in [-0.1, -0.05) is 69.7 Å². The summed E-state index contributed by atoms with van der Waals surface area (Å²) in [5.74, 6) is -7.98. The average Bonchev–Trinajstić information content (AvgIpc) is 2.95. The normalized spacial score (nSPS) is 13.8. The minimum atomic E-state index is -3.03. The first kappa shape index (κ1) is 38.8. The van der Waals surface area contributed by atoms with E-state index < -0.39 is 47.8 Å². The number of benzene rings is 1. The standard InChI is InChI=1S/C32H48N4O9/c1-2-3-4-7-10-13-24(37)14-11-8-5-6-9-12-15-25(32(45,30(43)44)21-27(38)39)28(40)36-26(29(41)42)20-22-16-18-23(19-17-22)35-31(33)34/h12,15-19,25-26,45H,2-11,13-14,20-21H2,1H3,(H,36,40)(H,38,39)(H,41,42)(H,43,44)(H4,33,34,35)/b15-12+/t25-,26-,32-/m0/s1. The maximum atomic E-state index is 13.2. The van der Waals surface area contributed by atoms with Crippen LogP contribution >= 0.6 is 0 Å². The molecular weight excluding hydrogens is 584 g/mol. The fraction of sp³-hybridized carbons (Fsp3) is 0.562. The van der Waals surface area contributed by atoms with Gasteiger partial charge in [-0.15, -0.1) is 0 Å². The summed E-state index contributed by atoms with van der Waals surface area (Å²) < 4.78 is 0. The number of nitrogens with zero attached hydrogens (tertiary/aromatic N) is 1. The van der Waals surface area contributed by atoms with Crippen LogP contribution in [0.4, 0.5) is 5.69 Å². The minimum Gasteiger partial charge on any atom is -0.481 e. The second-order valence-corrected chi connectivity index (χ2v) is 11.2. The van der Waals surface area contributed by atoms with Gasteiger partial charge in [-0.2, -0.15) is 0 Å². The SMILES string of the molecule is CCCCCCCC(=O)CCCCCC/C=C/[C@@H](C(=O)N[C@@H](Cc1ccc(N=C(N)N)cc1)C(=O)O)[C@@](O)(CC(=O)O)C(=O)O. The maximum Gasteiger partial charge on any atom is 0.337 e. The topological polar surface area (TPSA) is 243 Å². The van der Waals surface area contributed by atoms with E-state index in [0.717, 1.165) is 51.0 Å². The Morgan fingerprint density at radius 3 is 1.98 bits per heavy atom. The second-order valence-electron chi connectivity index (χ2n) is 11.2. The number of guanidine groups is 1. The molecule has 1 rings (SSSR count). The Kier molecular flexibility index (Phi) is 17.8. The van der Waals surface area contributed by atoms with E-state index in [1.54, 1.807) is 12.1 Å². The number of ketones is 1. The third-order valence-corrected chi connectivity index (χ3v) is 7.30. The molecule has 0 fully saturated rings. The lowest BCUT2D eigenvalue weighted by Crippen LogP contribution is -2.55. The van der Waals surface area contributed by atoms with Crippen LogP contribution in [0.3, 0.4) is 0 Å². The molecule has 0 heterocycles. The summed E-state index contributed by atoms with van der Waals surface area (Å²) >= 11 is 0. The van der Waals surface area contributed by atoms with Gasteiger partial charge in [0, 0.05) is 19.3 Å². The van der Waals surface area contributed by atoms with Crippen LogP contribution in [0.1, 0.15) is 96.0 Å². The molecule has 0 bridgehead atoms. The number of nitrogens with two attached hydrogens (primary N) is 2. The first-order valence-corrected chi connectivity index (χ1v) is 15.4. The van der Waals surface area contributed by atoms with Gasteiger partial charge in [0.25, 0.3) is 0 Å². The molecule has 0 saturated heterocycles. The van der Waals surface area contributed by atoms with Crippen LogP contribution < -0.4 is 16.8 Å². The number of carbonyl (C=O) groups excluding carboxylic acids is 2. The summed E-state index contributed by atoms with van der Waals surface area (Å²) in [5.41, 5.74) is 8.56. The lowest BCUT2D eigenvalue weighted by Gasteiger charge is -2.29. The minimum absolute atomic E-state index is 0.167. The number of Topliss-reactive ketones (excluding diaryl/α,β-unsaturated/α-hetero) is 1. The van der Waals surface area contributed by atoms with Crippen molar-refractivity contribution in [1.29, 1.82) is 0 Å². The first-order valence-electron chi connectivity index (χ1n) is 15.4. The number of aliphatic carboxylic acids is 3. The summed E-state index contributed by atoms with van der Waals surface area (Å²) in [6, 6.07) is 4.63. The summed E-state index contributed by atoms with van der Waals surface area (Å²) in [6.45, 7) is 2.14. The molecule has 0 aliphatic heterocycles. The monoisotopic (exact) mass is 632 g/mol. The molecule has 1 aromatic rings. The molecule has 9 N–H and O–H groups in total. The van der Waals surface area contributed by atoms with Gasteiger partial charge in [0.15, 0.2) is 11.6 Å². The molecule has 0 unspecified atom stereocenters. The van der Waals surface area contributed by atoms with E-state index in [-0.39, 0.29) is 18.2 Å². The molecule has 3 atom stereocenters. The molecule has 0 radical (unpaired) electrons. The Balaban J connectivity index is 2.84. The van der Waals surface area contributed by atoms with E-state index in [4.69, 9.17) is 11.5 Å². The van der Waals surface area contributed by atoms with Crippen LogP contribution in [0, 0.1) is 5.92 Å². The highest BCUT2D eigenvalue weighted by Crippen LogP contribution is 2.26. The zero-order chi connectivity index (χ0) is 33.8. The van der Waals surface area contributed by atoms with Crippen LogP contribution in [0.5, 0.6) is 0 Å². The number of aliphatic imine (C=N–C) groups is 1. The number of rotatable bonds is 24. The molecular formula is C32H48N4O9. The molecule has 45 heavy (non-hydrogen) atoms. The van der Waals surface area contributed by atoms with Crippen molar-refractivity contribution in [2.24, 2.45) is 22.4 Å². The van der Waals surface area contributed by atoms with Gasteiger partial charge < -0.3 is 37.2 Å². The lowest BCUT2D eigenvalue weighted by molar-refractivity contribution is -0.172. The molecule has 0 aromatic heterocycles. The molecule has 0 spiro atoms. The molecule has 250 valence electrons. The highest BCUT2D eigenvalue weighted by molar-refractivity contribution is 5.94. The van der Waals surface area contributed by atoms with Crippen molar-refractivity contribution >= 4 is 41.2 Å². The zero-order valence-electron chi connectivity index (χ0n) is 26.0. The van der Waals surface area contributed by atoms with Crippen LogP contribution in [-0.2, 0) is 30.4 Å². The van der Waals surface area contributed by atoms with Crippen molar-refractivity contribution in [1.82, 2.24) is 5.32 Å². The number of carboxylic acids is 3. The predicted molar refractivity (Wildman–Crippen MR) is 169 cm³/mol. The Bertz CT molecular complexity index is 1180. The Morgan fingerprint density at radius 2 is 1.47 bits per heavy atom. The maximum absolute atomic E-state index is 13.2. The van der Waals surface area contributed by atoms with Crippen molar-refractivity contribution in [2.45, 2.75) is 108 Å². The molecule has 13 heteroatoms. The van der Waals surface area contributed by atoms with Gasteiger partial charge in [0.1, 0.15) is 11.8 Å². The first-order chi connectivity index (χ1) is 21.3. The number of allylic oxidation sites excluding steroid dienone is 1. The van der Waals surface area contributed by atoms with E-state index in [9.17, 15) is 44.4 Å². The van der Waals surface area contributed by atoms with Gasteiger partial charge >= 0.3 is 17.9 Å². The van der Waals surface area contributed by atoms with Crippen LogP contribution in [-0.4, -0.2) is 67.6 Å². The fourth-order valence-corrected chi connectivity index (χ4v) is 4.79. The summed E-state index contributed by atoms with van der Waals surface area (Å²) in [6.07, 6.45) is 11.1. The van der Waals surface area contributed by atoms with Crippen molar-refractivity contribution < 1.29 is 44.4 Å². The van der Waals surface area contributed by atoms with Crippen LogP contribution in [0.2, 0.25) is 0 Å². The number of unbranched alkanes of at least 4 members (excludes halogenated alkanes) is 8. The number of nitrogens with one attached hydrogen (secondary N) is 1. The van der Waals surface area contributed by atoms with E-state index in [0.29, 0.717) is 36.9 Å². The van der Waals surface area contributed by atoms with Gasteiger partial charge in [0.05, 0.1) is 18.0 Å². The zero-order valence-corrected chi connectivity index (χ0v) is 26.0. The highest BCUT2D eigenvalue weighted by atomic mass is 16.4. The molecule has 0 saturated carbocycles. The molecule has 0 aliphatic rings. The predicted octanol–water partition coefficient (Wildman–Crippen LogP) is 3.44. The average molecular weight is 633 g/mol. The van der Waals surface area contributed by atoms with E-state index >= 15 is 0 Å². The fourth-order valence-electron chi connectivity index (χ4n) is 4.79. The number of carbonyl (C=O) groups is 5. The van der Waals surface area contributed by atoms with E-state index in [1.165, 1.54) is 24.6 Å². The van der Waals surface area contributed by atoms with Gasteiger partial charge in [-0.25, -0.2) is 14.6 Å². The van der Waals surface area contributed by atoms with Gasteiger partial charge in [-0.05, 0) is 43.4 Å². The molecule has 1 amide bonds. The number of amides is 1. The van der Waals surface area contributed by atoms with Crippen molar-refractivity contribution in [3.05, 3.63) is 42.0 Å². The van der Waals surface area contributed by atoms with Crippen molar-refractivity contribution in [2.75, 3.05) is 0 Å². The summed E-state index contributed by atoms with van der Waals surface area (Å²) in [5, 5.41) is 41.8. The third kappa shape index (κ3) is 15.3. The number of hydrogen-bond acceptors (Lipinski definition) is 7. The molecule has 1 aromatic carbocycles. The third-order valence-electron chi connectivity index (χ3n) is 7.30. The van der Waals surface area contributed by atoms with E-state index in [1.807, 2.05) is 0 Å². The Morgan fingerprint density at radius 1 is 0.889 bits per heavy atom. The highest BCUT2D eigenvalue weighted by Gasteiger charge is 2.49. The van der Waals surface area contributed by atoms with Gasteiger partial charge in [0.2, 0.25) is 5.91 Å². The second kappa shape index (κ2) is 20.7. The van der Waals surface area contributed by atoms with Crippen LogP contribution in [0.25, 0.3) is 0 Å². The smallest absolute Gasteiger partial charge is 0.337 e. The molecule has 13 nitrogen and oxygen atoms in total.